The standard InChI is InChI=1S/C17H16BrFN2O3/c1-24-13-5-2-11(3-6-13)8-9-20-16(22)17(23)21-12-4-7-15(19)14(18)10-12/h2-7,10H,8-9H2,1H3,(H,20,22)(H,21,23). The van der Waals surface area contributed by atoms with Crippen LogP contribution in [0.5, 0.6) is 5.75 Å². The largest absolute Gasteiger partial charge is 0.497 e. The molecule has 126 valence electrons. The third-order valence-electron chi connectivity index (χ3n) is 3.24. The predicted octanol–water partition coefficient (Wildman–Crippen LogP) is 2.89. The lowest BCUT2D eigenvalue weighted by Gasteiger charge is -2.07. The third kappa shape index (κ3) is 5.06. The molecule has 0 saturated heterocycles. The molecule has 2 rings (SSSR count). The van der Waals surface area contributed by atoms with Crippen molar-refractivity contribution in [3.05, 3.63) is 58.3 Å². The molecule has 0 aliphatic carbocycles. The lowest BCUT2D eigenvalue weighted by molar-refractivity contribution is -0.136. The van der Waals surface area contributed by atoms with Crippen LogP contribution in [-0.4, -0.2) is 25.5 Å². The third-order valence-corrected chi connectivity index (χ3v) is 3.85. The van der Waals surface area contributed by atoms with Gasteiger partial charge >= 0.3 is 11.8 Å². The van der Waals surface area contributed by atoms with Crippen molar-refractivity contribution in [1.29, 1.82) is 0 Å². The maximum absolute atomic E-state index is 13.1. The van der Waals surface area contributed by atoms with E-state index in [9.17, 15) is 14.0 Å². The fourth-order valence-corrected chi connectivity index (χ4v) is 2.33. The summed E-state index contributed by atoms with van der Waals surface area (Å²) in [6, 6.07) is 11.4. The molecule has 0 spiro atoms. The lowest BCUT2D eigenvalue weighted by Crippen LogP contribution is -2.36. The van der Waals surface area contributed by atoms with E-state index in [2.05, 4.69) is 26.6 Å². The number of amides is 2. The first-order chi connectivity index (χ1) is 11.5. The second kappa shape index (κ2) is 8.44. The minimum absolute atomic E-state index is 0.209. The van der Waals surface area contributed by atoms with E-state index in [-0.39, 0.29) is 4.47 Å². The quantitative estimate of drug-likeness (QED) is 0.766. The van der Waals surface area contributed by atoms with Crippen molar-refractivity contribution in [3.63, 3.8) is 0 Å². The Bertz CT molecular complexity index is 735. The van der Waals surface area contributed by atoms with Crippen LogP contribution in [0.1, 0.15) is 5.56 Å². The highest BCUT2D eigenvalue weighted by atomic mass is 79.9. The van der Waals surface area contributed by atoms with Crippen LogP contribution in [0.15, 0.2) is 46.9 Å². The van der Waals surface area contributed by atoms with Gasteiger partial charge in [0, 0.05) is 12.2 Å². The number of rotatable bonds is 5. The summed E-state index contributed by atoms with van der Waals surface area (Å²) in [5, 5.41) is 4.95. The first-order valence-corrected chi connectivity index (χ1v) is 7.96. The molecule has 0 fully saturated rings. The van der Waals surface area contributed by atoms with Gasteiger partial charge in [0.1, 0.15) is 11.6 Å². The maximum atomic E-state index is 13.1. The fraction of sp³-hybridized carbons (Fsp3) is 0.176. The van der Waals surface area contributed by atoms with E-state index >= 15 is 0 Å². The summed E-state index contributed by atoms with van der Waals surface area (Å²) in [5.41, 5.74) is 1.34. The summed E-state index contributed by atoms with van der Waals surface area (Å²) < 4.78 is 18.4. The molecule has 5 nitrogen and oxygen atoms in total. The number of halogens is 2. The zero-order chi connectivity index (χ0) is 17.5. The summed E-state index contributed by atoms with van der Waals surface area (Å²) in [7, 11) is 1.59. The second-order valence-corrected chi connectivity index (χ2v) is 5.79. The number of hydrogen-bond donors (Lipinski definition) is 2. The van der Waals surface area contributed by atoms with Crippen LogP contribution in [0.2, 0.25) is 0 Å². The van der Waals surface area contributed by atoms with Crippen molar-refractivity contribution in [3.8, 4) is 5.75 Å². The number of carbonyl (C=O) groups excluding carboxylic acids is 2. The minimum Gasteiger partial charge on any atom is -0.497 e. The van der Waals surface area contributed by atoms with Gasteiger partial charge in [0.25, 0.3) is 0 Å². The van der Waals surface area contributed by atoms with Gasteiger partial charge < -0.3 is 15.4 Å². The molecule has 0 atom stereocenters. The molecule has 2 N–H and O–H groups in total. The zero-order valence-electron chi connectivity index (χ0n) is 12.9. The Kier molecular flexibility index (Phi) is 6.31. The van der Waals surface area contributed by atoms with Gasteiger partial charge in [0.2, 0.25) is 0 Å². The highest BCUT2D eigenvalue weighted by Crippen LogP contribution is 2.19. The summed E-state index contributed by atoms with van der Waals surface area (Å²) >= 11 is 3.02. The summed E-state index contributed by atoms with van der Waals surface area (Å²) in [6.07, 6.45) is 0.588. The molecular weight excluding hydrogens is 379 g/mol. The molecular formula is C17H16BrFN2O3. The molecule has 0 aliphatic rings. The second-order valence-electron chi connectivity index (χ2n) is 4.94. The van der Waals surface area contributed by atoms with Crippen LogP contribution in [0.3, 0.4) is 0 Å². The Labute approximate surface area is 147 Å². The Hall–Kier alpha value is -2.41. The monoisotopic (exact) mass is 394 g/mol. The van der Waals surface area contributed by atoms with Crippen LogP contribution in [0.25, 0.3) is 0 Å². The van der Waals surface area contributed by atoms with Gasteiger partial charge in [-0.25, -0.2) is 4.39 Å². The first-order valence-electron chi connectivity index (χ1n) is 7.17. The number of nitrogens with one attached hydrogen (secondary N) is 2. The van der Waals surface area contributed by atoms with Gasteiger partial charge in [-0.15, -0.1) is 0 Å². The Morgan fingerprint density at radius 2 is 1.83 bits per heavy atom. The predicted molar refractivity (Wildman–Crippen MR) is 92.4 cm³/mol. The molecule has 0 unspecified atom stereocenters. The van der Waals surface area contributed by atoms with Crippen molar-refractivity contribution in [1.82, 2.24) is 5.32 Å². The number of anilines is 1. The molecule has 2 aromatic carbocycles. The van der Waals surface area contributed by atoms with Gasteiger partial charge in [-0.3, -0.25) is 9.59 Å². The minimum atomic E-state index is -0.803. The normalized spacial score (nSPS) is 10.1. The molecule has 0 aliphatic heterocycles. The Balaban J connectivity index is 1.80. The molecule has 2 aromatic rings. The van der Waals surface area contributed by atoms with Crippen LogP contribution in [0.4, 0.5) is 10.1 Å². The van der Waals surface area contributed by atoms with Crippen LogP contribution in [0, 0.1) is 5.82 Å². The number of ether oxygens (including phenoxy) is 1. The molecule has 0 bridgehead atoms. The highest BCUT2D eigenvalue weighted by Gasteiger charge is 2.13. The molecule has 0 saturated carbocycles. The number of benzene rings is 2. The molecule has 2 amide bonds. The van der Waals surface area contributed by atoms with Gasteiger partial charge in [-0.05, 0) is 58.2 Å². The van der Waals surface area contributed by atoms with Crippen molar-refractivity contribution < 1.29 is 18.7 Å². The van der Waals surface area contributed by atoms with E-state index in [0.717, 1.165) is 11.3 Å². The van der Waals surface area contributed by atoms with Crippen molar-refractivity contribution in [2.75, 3.05) is 19.0 Å². The van der Waals surface area contributed by atoms with Crippen LogP contribution < -0.4 is 15.4 Å². The average Bonchev–Trinajstić information content (AvgIpc) is 2.58. The first kappa shape index (κ1) is 17.9. The topological polar surface area (TPSA) is 67.4 Å². The van der Waals surface area contributed by atoms with E-state index in [1.807, 2.05) is 24.3 Å². The van der Waals surface area contributed by atoms with Crippen LogP contribution >= 0.6 is 15.9 Å². The van der Waals surface area contributed by atoms with Gasteiger partial charge in [-0.1, -0.05) is 12.1 Å². The van der Waals surface area contributed by atoms with E-state index in [4.69, 9.17) is 4.74 Å². The number of hydrogen-bond acceptors (Lipinski definition) is 3. The fourth-order valence-electron chi connectivity index (χ4n) is 1.95. The van der Waals surface area contributed by atoms with E-state index in [0.29, 0.717) is 18.7 Å². The molecule has 0 heterocycles. The van der Waals surface area contributed by atoms with Crippen molar-refractivity contribution in [2.45, 2.75) is 6.42 Å². The van der Waals surface area contributed by atoms with Gasteiger partial charge in [0.05, 0.1) is 11.6 Å². The smallest absolute Gasteiger partial charge is 0.313 e. The van der Waals surface area contributed by atoms with E-state index in [1.54, 1.807) is 7.11 Å². The summed E-state index contributed by atoms with van der Waals surface area (Å²) in [5.74, 6) is -1.24. The number of methoxy groups -OCH3 is 1. The molecule has 0 aromatic heterocycles. The van der Waals surface area contributed by atoms with Crippen molar-refractivity contribution >= 4 is 33.4 Å². The number of carbonyl (C=O) groups is 2. The summed E-state index contributed by atoms with van der Waals surface area (Å²) in [6.45, 7) is 0.325. The van der Waals surface area contributed by atoms with Crippen LogP contribution in [-0.2, 0) is 16.0 Å². The van der Waals surface area contributed by atoms with Gasteiger partial charge in [0.15, 0.2) is 0 Å². The zero-order valence-corrected chi connectivity index (χ0v) is 14.5. The van der Waals surface area contributed by atoms with E-state index in [1.165, 1.54) is 18.2 Å². The Morgan fingerprint density at radius 3 is 2.46 bits per heavy atom. The molecule has 0 radical (unpaired) electrons. The SMILES string of the molecule is COc1ccc(CCNC(=O)C(=O)Nc2ccc(F)c(Br)c2)cc1. The maximum Gasteiger partial charge on any atom is 0.313 e. The lowest BCUT2D eigenvalue weighted by atomic mass is 10.1. The molecule has 7 heteroatoms. The summed E-state index contributed by atoms with van der Waals surface area (Å²) in [4.78, 5) is 23.5. The molecule has 24 heavy (non-hydrogen) atoms. The van der Waals surface area contributed by atoms with Gasteiger partial charge in [-0.2, -0.15) is 0 Å². The van der Waals surface area contributed by atoms with Crippen molar-refractivity contribution in [2.24, 2.45) is 0 Å². The highest BCUT2D eigenvalue weighted by molar-refractivity contribution is 9.10. The average molecular weight is 395 g/mol. The Morgan fingerprint density at radius 1 is 1.12 bits per heavy atom. The van der Waals surface area contributed by atoms with E-state index < -0.39 is 17.6 Å².